The monoisotopic (exact) mass is 992 g/mol. The molecule has 2 N–H and O–H groups in total. The molecule has 2 nitrogen and oxygen atoms in total. The van der Waals surface area contributed by atoms with E-state index in [-0.39, 0.29) is 0 Å². The van der Waals surface area contributed by atoms with Crippen molar-refractivity contribution in [3.05, 3.63) is 191 Å². The van der Waals surface area contributed by atoms with E-state index >= 15 is 0 Å². The molecule has 366 valence electrons. The number of fused-ring (bicyclic) bond motifs is 14. The average molecular weight is 993 g/mol. The first kappa shape index (κ1) is 42.9. The van der Waals surface area contributed by atoms with E-state index < -0.39 is 0 Å². The van der Waals surface area contributed by atoms with E-state index in [2.05, 4.69) is 224 Å². The van der Waals surface area contributed by atoms with E-state index in [1.807, 2.05) is 0 Å². The number of rotatable bonds is 4. The van der Waals surface area contributed by atoms with Gasteiger partial charge in [-0.1, -0.05) is 169 Å². The van der Waals surface area contributed by atoms with Crippen LogP contribution in [0.4, 0.5) is 11.4 Å². The van der Waals surface area contributed by atoms with Crippen LogP contribution >= 0.6 is 0 Å². The molecule has 1 aliphatic carbocycles. The minimum absolute atomic E-state index is 1.21. The third-order valence-electron chi connectivity index (χ3n) is 19.2. The summed E-state index contributed by atoms with van der Waals surface area (Å²) >= 11 is 0. The van der Waals surface area contributed by atoms with E-state index in [1.54, 1.807) is 0 Å². The molecule has 0 radical (unpaired) electrons. The predicted molar refractivity (Wildman–Crippen MR) is 342 cm³/mol. The largest absolute Gasteiger partial charge is 0.387 e. The van der Waals surface area contributed by atoms with Crippen molar-refractivity contribution in [1.29, 1.82) is 0 Å². The van der Waals surface area contributed by atoms with Gasteiger partial charge in [-0.05, 0) is 227 Å². The molecular formula is C76H52N2. The molecule has 1 aliphatic rings. The number of anilines is 2. The fraction of sp³-hybridized carbons (Fsp3) is 0.105. The minimum atomic E-state index is 1.21. The SMILES string of the molecule is CNc1c2c3cccc4cccc(c2c(NC)c2c5ccc6c7ccc8c9ccc%10c%11c(ccc(c%12ccc(c%13ccc(c12)c5c%136)c7c%128)c%119)-c1c-%10c(-c2c(C)cc(C)cc2C)c2ccccc2c1-c1c(C)cc(C)cc1C)c43. The highest BCUT2D eigenvalue weighted by Gasteiger charge is 2.35. The van der Waals surface area contributed by atoms with Crippen LogP contribution in [0, 0.1) is 41.5 Å². The van der Waals surface area contributed by atoms with Crippen molar-refractivity contribution in [3.63, 3.8) is 0 Å². The summed E-state index contributed by atoms with van der Waals surface area (Å²) in [6.07, 6.45) is 0. The van der Waals surface area contributed by atoms with Crippen LogP contribution in [0.1, 0.15) is 33.4 Å². The van der Waals surface area contributed by atoms with Gasteiger partial charge in [-0.25, -0.2) is 0 Å². The molecule has 18 rings (SSSR count). The van der Waals surface area contributed by atoms with E-state index in [0.29, 0.717) is 0 Å². The lowest BCUT2D eigenvalue weighted by molar-refractivity contribution is 1.32. The van der Waals surface area contributed by atoms with Crippen LogP contribution in [0.25, 0.3) is 185 Å². The van der Waals surface area contributed by atoms with Crippen LogP contribution in [0.2, 0.25) is 0 Å². The lowest BCUT2D eigenvalue weighted by atomic mass is 9.79. The maximum absolute atomic E-state index is 3.79. The van der Waals surface area contributed by atoms with Crippen molar-refractivity contribution in [2.45, 2.75) is 41.5 Å². The van der Waals surface area contributed by atoms with E-state index in [4.69, 9.17) is 0 Å². The standard InChI is InChI=1S/C76H52N2/c1-35-31-37(3)58(38(4)32-35)67-42-15-9-10-16-43(42)68(59-39(5)33-36(2)34-40(59)6)70-55-28-24-49-45-20-22-47-51-26-30-57-66-56(73-74(57)76(78-8)72-53-18-12-14-41-13-11-17-52(60(41)53)71(72)75(73)77-7)29-25-50(64(51)66)46-21-19-44(61(45)62(46)47)48-23-27-54(69(67)70)65(55)63(48)49/h9-34,77-78H,1-8H3. The molecule has 0 aromatic heterocycles. The summed E-state index contributed by atoms with van der Waals surface area (Å²) in [5, 5.41) is 42.0. The molecule has 0 fully saturated rings. The summed E-state index contributed by atoms with van der Waals surface area (Å²) in [7, 11) is 4.22. The minimum Gasteiger partial charge on any atom is -0.387 e. The highest BCUT2D eigenvalue weighted by molar-refractivity contribution is 6.51. The summed E-state index contributed by atoms with van der Waals surface area (Å²) < 4.78 is 0. The van der Waals surface area contributed by atoms with Gasteiger partial charge in [0.25, 0.3) is 0 Å². The molecular weight excluding hydrogens is 941 g/mol. The summed E-state index contributed by atoms with van der Waals surface area (Å²) in [6.45, 7) is 13.7. The highest BCUT2D eigenvalue weighted by atomic mass is 14.9. The summed E-state index contributed by atoms with van der Waals surface area (Å²) in [5.41, 5.74) is 21.1. The van der Waals surface area contributed by atoms with Crippen LogP contribution in [-0.4, -0.2) is 14.1 Å². The lowest BCUT2D eigenvalue weighted by Crippen LogP contribution is -1.99. The van der Waals surface area contributed by atoms with Crippen LogP contribution in [-0.2, 0) is 0 Å². The Morgan fingerprint density at radius 3 is 0.885 bits per heavy atom. The zero-order valence-corrected chi connectivity index (χ0v) is 45.0. The van der Waals surface area contributed by atoms with Gasteiger partial charge in [-0.15, -0.1) is 0 Å². The number of aryl methyl sites for hydroxylation is 6. The third kappa shape index (κ3) is 4.86. The van der Waals surface area contributed by atoms with Crippen molar-refractivity contribution in [2.24, 2.45) is 0 Å². The molecule has 0 saturated carbocycles. The summed E-state index contributed by atoms with van der Waals surface area (Å²) in [4.78, 5) is 0. The second-order valence-corrected chi connectivity index (χ2v) is 23.3. The number of hydrogen-bond donors (Lipinski definition) is 2. The van der Waals surface area contributed by atoms with Gasteiger partial charge < -0.3 is 10.6 Å². The first-order valence-electron chi connectivity index (χ1n) is 27.8. The molecule has 0 heterocycles. The molecule has 0 aliphatic heterocycles. The fourth-order valence-electron chi connectivity index (χ4n) is 16.8. The maximum atomic E-state index is 3.79. The zero-order valence-electron chi connectivity index (χ0n) is 45.0. The summed E-state index contributed by atoms with van der Waals surface area (Å²) in [6, 6.07) is 61.9. The van der Waals surface area contributed by atoms with Crippen molar-refractivity contribution in [3.8, 4) is 44.5 Å². The van der Waals surface area contributed by atoms with Crippen LogP contribution in [0.15, 0.2) is 158 Å². The molecule has 0 spiro atoms. The number of hydrogen-bond acceptors (Lipinski definition) is 2. The second kappa shape index (κ2) is 14.4. The Morgan fingerprint density at radius 2 is 0.526 bits per heavy atom. The maximum Gasteiger partial charge on any atom is 0.0511 e. The Balaban J connectivity index is 0.953. The highest BCUT2D eigenvalue weighted by Crippen LogP contribution is 2.62. The van der Waals surface area contributed by atoms with E-state index in [1.165, 1.54) is 229 Å². The van der Waals surface area contributed by atoms with Gasteiger partial charge in [0.1, 0.15) is 0 Å². The molecule has 0 atom stereocenters. The van der Waals surface area contributed by atoms with Gasteiger partial charge in [0.2, 0.25) is 0 Å². The van der Waals surface area contributed by atoms with Gasteiger partial charge in [-0.2, -0.15) is 0 Å². The van der Waals surface area contributed by atoms with Gasteiger partial charge in [0, 0.05) is 35.6 Å². The molecule has 2 heteroatoms. The Hall–Kier alpha value is -9.24. The van der Waals surface area contributed by atoms with Crippen LogP contribution in [0.3, 0.4) is 0 Å². The first-order valence-corrected chi connectivity index (χ1v) is 27.8. The molecule has 78 heavy (non-hydrogen) atoms. The van der Waals surface area contributed by atoms with Crippen molar-refractivity contribution >= 4 is 151 Å². The number of benzene rings is 15. The number of nitrogens with one attached hydrogen (secondary N) is 2. The van der Waals surface area contributed by atoms with Crippen molar-refractivity contribution in [1.82, 2.24) is 0 Å². The van der Waals surface area contributed by atoms with Gasteiger partial charge in [0.15, 0.2) is 0 Å². The van der Waals surface area contributed by atoms with Crippen LogP contribution < -0.4 is 10.6 Å². The molecule has 0 bridgehead atoms. The van der Waals surface area contributed by atoms with Crippen molar-refractivity contribution < 1.29 is 0 Å². The Kier molecular flexibility index (Phi) is 7.93. The van der Waals surface area contributed by atoms with Gasteiger partial charge in [-0.3, -0.25) is 0 Å². The second-order valence-electron chi connectivity index (χ2n) is 23.3. The first-order chi connectivity index (χ1) is 38.1. The molecule has 0 unspecified atom stereocenters. The molecule has 0 amide bonds. The molecule has 17 aromatic carbocycles. The van der Waals surface area contributed by atoms with E-state index in [0.717, 1.165) is 0 Å². The Bertz CT molecular complexity index is 5260. The molecule has 0 saturated heterocycles. The van der Waals surface area contributed by atoms with E-state index in [9.17, 15) is 0 Å². The smallest absolute Gasteiger partial charge is 0.0511 e. The average Bonchev–Trinajstić information content (AvgIpc) is 3.99. The lowest BCUT2D eigenvalue weighted by Gasteiger charge is -2.24. The fourth-order valence-corrected chi connectivity index (χ4v) is 16.8. The Labute approximate surface area is 450 Å². The van der Waals surface area contributed by atoms with Gasteiger partial charge in [0.05, 0.1) is 11.4 Å². The Morgan fingerprint density at radius 1 is 0.231 bits per heavy atom. The molecule has 17 aromatic rings. The van der Waals surface area contributed by atoms with Crippen molar-refractivity contribution in [2.75, 3.05) is 24.7 Å². The zero-order chi connectivity index (χ0) is 52.0. The summed E-state index contributed by atoms with van der Waals surface area (Å²) in [5.74, 6) is 0. The topological polar surface area (TPSA) is 24.1 Å². The van der Waals surface area contributed by atoms with Gasteiger partial charge >= 0.3 is 0 Å². The normalized spacial score (nSPS) is 12.9. The van der Waals surface area contributed by atoms with Crippen LogP contribution in [0.5, 0.6) is 0 Å². The predicted octanol–water partition coefficient (Wildman–Crippen LogP) is 21.3. The third-order valence-corrected chi connectivity index (χ3v) is 19.2. The quantitative estimate of drug-likeness (QED) is 0.104.